The number of carbonyl (C=O) groups excluding carboxylic acids is 1. The molecule has 0 atom stereocenters. The number of thioether (sulfide) groups is 1. The minimum atomic E-state index is -0.113. The van der Waals surface area contributed by atoms with Crippen LogP contribution < -0.4 is 5.32 Å². The summed E-state index contributed by atoms with van der Waals surface area (Å²) in [6.45, 7) is 0.440. The highest BCUT2D eigenvalue weighted by Crippen LogP contribution is 2.15. The highest BCUT2D eigenvalue weighted by Gasteiger charge is 2.08. The van der Waals surface area contributed by atoms with Gasteiger partial charge in [-0.2, -0.15) is 16.9 Å². The Labute approximate surface area is 142 Å². The van der Waals surface area contributed by atoms with Crippen molar-refractivity contribution in [2.24, 2.45) is 0 Å². The summed E-state index contributed by atoms with van der Waals surface area (Å²) < 4.78 is 1.73. The normalized spacial score (nSPS) is 10.7. The molecule has 5 nitrogen and oxygen atoms in total. The van der Waals surface area contributed by atoms with E-state index in [0.717, 1.165) is 22.1 Å². The number of rotatable bonds is 6. The lowest BCUT2D eigenvalue weighted by Gasteiger charge is -2.06. The molecule has 0 aliphatic heterocycles. The molecule has 0 fully saturated rings. The van der Waals surface area contributed by atoms with Crippen LogP contribution in [0.15, 0.2) is 48.1 Å². The number of benzene rings is 1. The highest BCUT2D eigenvalue weighted by atomic mass is 32.2. The predicted molar refractivity (Wildman–Crippen MR) is 94.1 cm³/mol. The van der Waals surface area contributed by atoms with Gasteiger partial charge in [0.05, 0.1) is 17.9 Å². The summed E-state index contributed by atoms with van der Waals surface area (Å²) in [6, 6.07) is 9.23. The molecule has 0 saturated heterocycles. The molecule has 1 N–H and O–H groups in total. The molecule has 0 spiro atoms. The van der Waals surface area contributed by atoms with Gasteiger partial charge in [0, 0.05) is 29.1 Å². The van der Waals surface area contributed by atoms with Crippen molar-refractivity contribution >= 4 is 29.0 Å². The van der Waals surface area contributed by atoms with E-state index in [4.69, 9.17) is 0 Å². The van der Waals surface area contributed by atoms with Crippen LogP contribution in [0, 0.1) is 0 Å². The SMILES string of the molecule is CSCc1nc(CNC(=O)c2cccc(-n3cccn3)c2)cs1. The molecule has 7 heteroatoms. The molecule has 1 amide bonds. The maximum Gasteiger partial charge on any atom is 0.251 e. The molecule has 1 aromatic carbocycles. The fourth-order valence-corrected chi connectivity index (χ4v) is 3.62. The molecular weight excluding hydrogens is 328 g/mol. The number of amides is 1. The van der Waals surface area contributed by atoms with Gasteiger partial charge in [0.15, 0.2) is 0 Å². The zero-order valence-electron chi connectivity index (χ0n) is 12.6. The van der Waals surface area contributed by atoms with Gasteiger partial charge < -0.3 is 5.32 Å². The molecule has 2 aromatic heterocycles. The quantitative estimate of drug-likeness (QED) is 0.746. The third-order valence-corrected chi connectivity index (χ3v) is 4.82. The third-order valence-electron chi connectivity index (χ3n) is 3.17. The number of hydrogen-bond donors (Lipinski definition) is 1. The molecule has 3 rings (SSSR count). The van der Waals surface area contributed by atoms with Crippen LogP contribution in [0.3, 0.4) is 0 Å². The maximum absolute atomic E-state index is 12.3. The van der Waals surface area contributed by atoms with Crippen molar-refractivity contribution in [3.63, 3.8) is 0 Å². The monoisotopic (exact) mass is 344 g/mol. The molecule has 3 aromatic rings. The average molecular weight is 344 g/mol. The Hall–Kier alpha value is -2.12. The molecule has 0 aliphatic carbocycles. The van der Waals surface area contributed by atoms with E-state index in [1.807, 2.05) is 35.8 Å². The van der Waals surface area contributed by atoms with Crippen molar-refractivity contribution in [3.05, 3.63) is 64.4 Å². The van der Waals surface area contributed by atoms with E-state index in [1.165, 1.54) is 0 Å². The first-order chi connectivity index (χ1) is 11.3. The van der Waals surface area contributed by atoms with Gasteiger partial charge in [0.2, 0.25) is 0 Å². The predicted octanol–water partition coefficient (Wildman–Crippen LogP) is 3.12. The zero-order valence-corrected chi connectivity index (χ0v) is 14.2. The summed E-state index contributed by atoms with van der Waals surface area (Å²) in [5, 5.41) is 10.2. The highest BCUT2D eigenvalue weighted by molar-refractivity contribution is 7.97. The van der Waals surface area contributed by atoms with Crippen molar-refractivity contribution in [2.75, 3.05) is 6.26 Å². The Balaban J connectivity index is 1.65. The van der Waals surface area contributed by atoms with Crippen molar-refractivity contribution in [1.29, 1.82) is 0 Å². The summed E-state index contributed by atoms with van der Waals surface area (Å²) in [4.78, 5) is 16.8. The van der Waals surface area contributed by atoms with Crippen LogP contribution in [0.1, 0.15) is 21.1 Å². The van der Waals surface area contributed by atoms with Gasteiger partial charge in [-0.25, -0.2) is 9.67 Å². The second-order valence-corrected chi connectivity index (χ2v) is 6.66. The number of thiazole rings is 1. The van der Waals surface area contributed by atoms with E-state index in [2.05, 4.69) is 21.7 Å². The Bertz CT molecular complexity index is 783. The van der Waals surface area contributed by atoms with Gasteiger partial charge in [-0.3, -0.25) is 4.79 Å². The van der Waals surface area contributed by atoms with E-state index < -0.39 is 0 Å². The Morgan fingerprint density at radius 3 is 3.09 bits per heavy atom. The number of nitrogens with one attached hydrogen (secondary N) is 1. The lowest BCUT2D eigenvalue weighted by Crippen LogP contribution is -2.23. The summed E-state index contributed by atoms with van der Waals surface area (Å²) >= 11 is 3.37. The van der Waals surface area contributed by atoms with E-state index in [-0.39, 0.29) is 5.91 Å². The lowest BCUT2D eigenvalue weighted by atomic mass is 10.2. The Morgan fingerprint density at radius 2 is 2.30 bits per heavy atom. The van der Waals surface area contributed by atoms with Crippen LogP contribution in [-0.4, -0.2) is 26.9 Å². The van der Waals surface area contributed by atoms with Gasteiger partial charge in [0.25, 0.3) is 5.91 Å². The minimum Gasteiger partial charge on any atom is -0.346 e. The first-order valence-corrected chi connectivity index (χ1v) is 9.34. The van der Waals surface area contributed by atoms with Crippen LogP contribution in [-0.2, 0) is 12.3 Å². The van der Waals surface area contributed by atoms with Gasteiger partial charge in [-0.1, -0.05) is 6.07 Å². The number of aromatic nitrogens is 3. The second-order valence-electron chi connectivity index (χ2n) is 4.85. The standard InChI is InChI=1S/C16H16N4OS2/c1-22-11-15-19-13(10-23-15)9-17-16(21)12-4-2-5-14(8-12)20-7-3-6-18-20/h2-8,10H,9,11H2,1H3,(H,17,21). The number of carbonyl (C=O) groups is 1. The fraction of sp³-hybridized carbons (Fsp3) is 0.188. The molecule has 0 radical (unpaired) electrons. The van der Waals surface area contributed by atoms with Crippen LogP contribution in [0.25, 0.3) is 5.69 Å². The Morgan fingerprint density at radius 1 is 1.39 bits per heavy atom. The van der Waals surface area contributed by atoms with E-state index in [1.54, 1.807) is 40.0 Å². The van der Waals surface area contributed by atoms with Gasteiger partial charge in [-0.15, -0.1) is 11.3 Å². The molecule has 23 heavy (non-hydrogen) atoms. The first kappa shape index (κ1) is 15.8. The molecule has 0 aliphatic rings. The maximum atomic E-state index is 12.3. The van der Waals surface area contributed by atoms with Crippen LogP contribution in [0.2, 0.25) is 0 Å². The van der Waals surface area contributed by atoms with E-state index >= 15 is 0 Å². The largest absolute Gasteiger partial charge is 0.346 e. The van der Waals surface area contributed by atoms with Crippen LogP contribution >= 0.6 is 23.1 Å². The molecule has 118 valence electrons. The van der Waals surface area contributed by atoms with Crippen molar-refractivity contribution in [2.45, 2.75) is 12.3 Å². The van der Waals surface area contributed by atoms with Gasteiger partial charge >= 0.3 is 0 Å². The van der Waals surface area contributed by atoms with Crippen LogP contribution in [0.4, 0.5) is 0 Å². The fourth-order valence-electron chi connectivity index (χ4n) is 2.10. The molecule has 0 unspecified atom stereocenters. The van der Waals surface area contributed by atoms with Gasteiger partial charge in [0.1, 0.15) is 5.01 Å². The summed E-state index contributed by atoms with van der Waals surface area (Å²) in [7, 11) is 0. The summed E-state index contributed by atoms with van der Waals surface area (Å²) in [5.41, 5.74) is 2.37. The number of nitrogens with zero attached hydrogens (tertiary/aromatic N) is 3. The van der Waals surface area contributed by atoms with Crippen molar-refractivity contribution in [1.82, 2.24) is 20.1 Å². The first-order valence-electron chi connectivity index (χ1n) is 7.07. The third kappa shape index (κ3) is 4.00. The number of hydrogen-bond acceptors (Lipinski definition) is 5. The lowest BCUT2D eigenvalue weighted by molar-refractivity contribution is 0.0950. The van der Waals surface area contributed by atoms with Crippen molar-refractivity contribution < 1.29 is 4.79 Å². The molecule has 2 heterocycles. The van der Waals surface area contributed by atoms with Crippen LogP contribution in [0.5, 0.6) is 0 Å². The average Bonchev–Trinajstić information content (AvgIpc) is 3.25. The molecule has 0 bridgehead atoms. The molecule has 0 saturated carbocycles. The van der Waals surface area contributed by atoms with E-state index in [9.17, 15) is 4.79 Å². The molecular formula is C16H16N4OS2. The second kappa shape index (κ2) is 7.43. The van der Waals surface area contributed by atoms with Gasteiger partial charge in [-0.05, 0) is 30.5 Å². The zero-order chi connectivity index (χ0) is 16.1. The Kier molecular flexibility index (Phi) is 5.09. The topological polar surface area (TPSA) is 59.8 Å². The summed E-state index contributed by atoms with van der Waals surface area (Å²) in [5.74, 6) is 0.795. The smallest absolute Gasteiger partial charge is 0.251 e. The minimum absolute atomic E-state index is 0.113. The summed E-state index contributed by atoms with van der Waals surface area (Å²) in [6.07, 6.45) is 5.61. The van der Waals surface area contributed by atoms with E-state index in [0.29, 0.717) is 12.1 Å². The van der Waals surface area contributed by atoms with Crippen molar-refractivity contribution in [3.8, 4) is 5.69 Å².